The molecule has 1 fully saturated rings. The highest BCUT2D eigenvalue weighted by Gasteiger charge is 2.19. The summed E-state index contributed by atoms with van der Waals surface area (Å²) in [7, 11) is 0. The number of hydrogen-bond donors (Lipinski definition) is 0. The summed E-state index contributed by atoms with van der Waals surface area (Å²) in [5.74, 6) is 1.84. The van der Waals surface area contributed by atoms with Crippen molar-refractivity contribution < 1.29 is 4.74 Å². The number of hydrogen-bond acceptors (Lipinski definition) is 3. The molecule has 2 rings (SSSR count). The van der Waals surface area contributed by atoms with Gasteiger partial charge in [-0.15, -0.1) is 0 Å². The summed E-state index contributed by atoms with van der Waals surface area (Å²) in [5.41, 5.74) is 0.488. The summed E-state index contributed by atoms with van der Waals surface area (Å²) in [6.07, 6.45) is 5.04. The lowest BCUT2D eigenvalue weighted by Crippen LogP contribution is -2.20. The molecule has 0 aromatic carbocycles. The molecule has 1 aliphatic carbocycles. The van der Waals surface area contributed by atoms with E-state index in [2.05, 4.69) is 11.9 Å². The Morgan fingerprint density at radius 2 is 2.33 bits per heavy atom. The molecule has 0 bridgehead atoms. The first-order valence-corrected chi connectivity index (χ1v) is 6.75. The summed E-state index contributed by atoms with van der Waals surface area (Å²) in [5, 5.41) is 9.15. The minimum atomic E-state index is 0.307. The molecule has 0 radical (unpaired) electrons. The van der Waals surface area contributed by atoms with Gasteiger partial charge in [-0.1, -0.05) is 31.4 Å². The average molecular weight is 265 g/mol. The van der Waals surface area contributed by atoms with Crippen LogP contribution in [0.15, 0.2) is 12.1 Å². The molecule has 0 saturated heterocycles. The van der Waals surface area contributed by atoms with Crippen LogP contribution in [0.25, 0.3) is 0 Å². The SMILES string of the molecule is CC1CCCC(COc2cc(C#N)cc(Cl)n2)C1. The predicted octanol–water partition coefficient (Wildman–Crippen LogP) is 3.81. The molecule has 18 heavy (non-hydrogen) atoms. The van der Waals surface area contributed by atoms with E-state index in [1.54, 1.807) is 6.07 Å². The maximum absolute atomic E-state index is 8.85. The number of halogens is 1. The summed E-state index contributed by atoms with van der Waals surface area (Å²) >= 11 is 5.83. The van der Waals surface area contributed by atoms with Crippen LogP contribution in [0.5, 0.6) is 5.88 Å². The van der Waals surface area contributed by atoms with Crippen LogP contribution in [-0.4, -0.2) is 11.6 Å². The van der Waals surface area contributed by atoms with Crippen molar-refractivity contribution in [2.75, 3.05) is 6.61 Å². The van der Waals surface area contributed by atoms with Gasteiger partial charge in [0, 0.05) is 6.07 Å². The van der Waals surface area contributed by atoms with Gasteiger partial charge < -0.3 is 4.74 Å². The lowest BCUT2D eigenvalue weighted by Gasteiger charge is -2.26. The Kier molecular flexibility index (Phi) is 4.43. The van der Waals surface area contributed by atoms with E-state index < -0.39 is 0 Å². The third kappa shape index (κ3) is 3.61. The zero-order valence-electron chi connectivity index (χ0n) is 10.5. The van der Waals surface area contributed by atoms with Gasteiger partial charge in [0.15, 0.2) is 0 Å². The fourth-order valence-electron chi connectivity index (χ4n) is 2.53. The van der Waals surface area contributed by atoms with Gasteiger partial charge in [0.05, 0.1) is 18.2 Å². The maximum Gasteiger partial charge on any atom is 0.215 e. The van der Waals surface area contributed by atoms with Crippen molar-refractivity contribution in [1.82, 2.24) is 4.98 Å². The molecule has 2 atom stereocenters. The standard InChI is InChI=1S/C14H17ClN2O/c1-10-3-2-4-11(5-10)9-18-14-7-12(8-16)6-13(15)17-14/h6-7,10-11H,2-5,9H2,1H3. The average Bonchev–Trinajstić information content (AvgIpc) is 2.36. The number of aromatic nitrogens is 1. The number of nitrogens with zero attached hydrogens (tertiary/aromatic N) is 2. The van der Waals surface area contributed by atoms with E-state index in [-0.39, 0.29) is 0 Å². The van der Waals surface area contributed by atoms with E-state index in [0.717, 1.165) is 5.92 Å². The molecule has 0 aliphatic heterocycles. The zero-order chi connectivity index (χ0) is 13.0. The van der Waals surface area contributed by atoms with Crippen molar-refractivity contribution in [3.8, 4) is 11.9 Å². The highest BCUT2D eigenvalue weighted by Crippen LogP contribution is 2.29. The molecule has 4 heteroatoms. The maximum atomic E-state index is 8.85. The zero-order valence-corrected chi connectivity index (χ0v) is 11.3. The molecule has 1 aromatic rings. The van der Waals surface area contributed by atoms with Crippen LogP contribution in [0.4, 0.5) is 0 Å². The van der Waals surface area contributed by atoms with Gasteiger partial charge >= 0.3 is 0 Å². The van der Waals surface area contributed by atoms with Crippen molar-refractivity contribution in [1.29, 1.82) is 5.26 Å². The van der Waals surface area contributed by atoms with Crippen molar-refractivity contribution in [3.63, 3.8) is 0 Å². The molecule has 96 valence electrons. The molecule has 1 heterocycles. The normalized spacial score (nSPS) is 23.4. The molecule has 0 N–H and O–H groups in total. The number of rotatable bonds is 3. The quantitative estimate of drug-likeness (QED) is 0.780. The Morgan fingerprint density at radius 3 is 3.06 bits per heavy atom. The first-order chi connectivity index (χ1) is 8.67. The van der Waals surface area contributed by atoms with Crippen molar-refractivity contribution in [3.05, 3.63) is 22.8 Å². The van der Waals surface area contributed by atoms with Gasteiger partial charge in [-0.05, 0) is 30.7 Å². The van der Waals surface area contributed by atoms with E-state index >= 15 is 0 Å². The van der Waals surface area contributed by atoms with Crippen LogP contribution in [0.1, 0.15) is 38.2 Å². The molecule has 2 unspecified atom stereocenters. The monoisotopic (exact) mass is 264 g/mol. The van der Waals surface area contributed by atoms with Gasteiger partial charge in [0.25, 0.3) is 0 Å². The second-order valence-corrected chi connectivity index (χ2v) is 5.46. The topological polar surface area (TPSA) is 45.9 Å². The molecular formula is C14H17ClN2O. The summed E-state index contributed by atoms with van der Waals surface area (Å²) < 4.78 is 5.67. The van der Waals surface area contributed by atoms with E-state index in [0.29, 0.717) is 29.1 Å². The Bertz CT molecular complexity index is 456. The van der Waals surface area contributed by atoms with Crippen LogP contribution < -0.4 is 4.74 Å². The Labute approximate surface area is 113 Å². The predicted molar refractivity (Wildman–Crippen MR) is 70.6 cm³/mol. The van der Waals surface area contributed by atoms with Gasteiger partial charge in [-0.25, -0.2) is 4.98 Å². The molecule has 0 spiro atoms. The second-order valence-electron chi connectivity index (χ2n) is 5.08. The summed E-state index contributed by atoms with van der Waals surface area (Å²) in [4.78, 5) is 4.08. The Balaban J connectivity index is 1.93. The fourth-order valence-corrected chi connectivity index (χ4v) is 2.73. The van der Waals surface area contributed by atoms with Crippen LogP contribution >= 0.6 is 11.6 Å². The first-order valence-electron chi connectivity index (χ1n) is 6.38. The second kappa shape index (κ2) is 6.06. The van der Waals surface area contributed by atoms with Crippen LogP contribution in [0.3, 0.4) is 0 Å². The number of pyridine rings is 1. The van der Waals surface area contributed by atoms with Crippen LogP contribution in [-0.2, 0) is 0 Å². The van der Waals surface area contributed by atoms with Gasteiger partial charge in [-0.2, -0.15) is 5.26 Å². The van der Waals surface area contributed by atoms with Crippen molar-refractivity contribution in [2.24, 2.45) is 11.8 Å². The largest absolute Gasteiger partial charge is 0.477 e. The minimum absolute atomic E-state index is 0.307. The third-order valence-corrected chi connectivity index (χ3v) is 3.61. The Morgan fingerprint density at radius 1 is 1.50 bits per heavy atom. The number of nitriles is 1. The lowest BCUT2D eigenvalue weighted by atomic mass is 9.83. The molecule has 1 saturated carbocycles. The number of ether oxygens (including phenoxy) is 1. The van der Waals surface area contributed by atoms with Crippen LogP contribution in [0, 0.1) is 23.2 Å². The molecule has 0 amide bonds. The fraction of sp³-hybridized carbons (Fsp3) is 0.571. The minimum Gasteiger partial charge on any atom is -0.477 e. The van der Waals surface area contributed by atoms with E-state index in [1.807, 2.05) is 6.07 Å². The molecule has 1 aromatic heterocycles. The molecule has 1 aliphatic rings. The van der Waals surface area contributed by atoms with Crippen molar-refractivity contribution in [2.45, 2.75) is 32.6 Å². The van der Waals surface area contributed by atoms with Crippen LogP contribution in [0.2, 0.25) is 5.15 Å². The molecule has 3 nitrogen and oxygen atoms in total. The van der Waals surface area contributed by atoms with Gasteiger partial charge in [0.1, 0.15) is 5.15 Å². The summed E-state index contributed by atoms with van der Waals surface area (Å²) in [6, 6.07) is 5.22. The third-order valence-electron chi connectivity index (χ3n) is 3.41. The van der Waals surface area contributed by atoms with E-state index in [9.17, 15) is 0 Å². The van der Waals surface area contributed by atoms with E-state index in [1.165, 1.54) is 31.7 Å². The highest BCUT2D eigenvalue weighted by atomic mass is 35.5. The van der Waals surface area contributed by atoms with Gasteiger partial charge in [-0.3, -0.25) is 0 Å². The van der Waals surface area contributed by atoms with Gasteiger partial charge in [0.2, 0.25) is 5.88 Å². The Hall–Kier alpha value is -1.27. The summed E-state index contributed by atoms with van der Waals surface area (Å²) in [6.45, 7) is 2.96. The molecular weight excluding hydrogens is 248 g/mol. The first kappa shape index (κ1) is 13.2. The smallest absolute Gasteiger partial charge is 0.215 e. The van der Waals surface area contributed by atoms with E-state index in [4.69, 9.17) is 21.6 Å². The highest BCUT2D eigenvalue weighted by molar-refractivity contribution is 6.29. The lowest BCUT2D eigenvalue weighted by molar-refractivity contribution is 0.178. The van der Waals surface area contributed by atoms with Crippen molar-refractivity contribution >= 4 is 11.6 Å².